The van der Waals surface area contributed by atoms with E-state index >= 15 is 0 Å². The van der Waals surface area contributed by atoms with Gasteiger partial charge in [-0.25, -0.2) is 0 Å². The maximum absolute atomic E-state index is 13.0. The average molecular weight is 395 g/mol. The van der Waals surface area contributed by atoms with Crippen molar-refractivity contribution in [1.82, 2.24) is 0 Å². The van der Waals surface area contributed by atoms with Crippen molar-refractivity contribution in [3.8, 4) is 11.5 Å². The Morgan fingerprint density at radius 2 is 1.50 bits per heavy atom. The highest BCUT2D eigenvalue weighted by atomic mass is 32.2. The van der Waals surface area contributed by atoms with Crippen LogP contribution in [0.15, 0.2) is 12.1 Å². The molecule has 24 heavy (non-hydrogen) atoms. The lowest BCUT2D eigenvalue weighted by Gasteiger charge is -2.26. The molecule has 0 bridgehead atoms. The summed E-state index contributed by atoms with van der Waals surface area (Å²) in [6.45, 7) is -0.824. The van der Waals surface area contributed by atoms with E-state index in [4.69, 9.17) is 4.74 Å². The topological polar surface area (TPSA) is 52.6 Å². The van der Waals surface area contributed by atoms with Crippen molar-refractivity contribution in [2.75, 3.05) is 7.11 Å². The molecule has 1 rings (SSSR count). The van der Waals surface area contributed by atoms with Crippen LogP contribution in [0, 0.1) is 0 Å². The van der Waals surface area contributed by atoms with Gasteiger partial charge in [-0.3, -0.25) is 0 Å². The van der Waals surface area contributed by atoms with Crippen LogP contribution in [0.3, 0.4) is 0 Å². The standard InChI is InChI=1S/C11H14BF6O4SSi/c1-21-8-5-7(12(16,17)18)6-9(10(8)24(2,3)4)22-23(19,20)11(13,14)15/h5-6H,1-4H3/q-1. The van der Waals surface area contributed by atoms with Crippen molar-refractivity contribution in [2.24, 2.45) is 0 Å². The predicted octanol–water partition coefficient (Wildman–Crippen LogP) is 2.52. The first-order valence-corrected chi connectivity index (χ1v) is 11.3. The molecular formula is C11H14BF6O4SSi-. The third-order valence-electron chi connectivity index (χ3n) is 2.92. The van der Waals surface area contributed by atoms with E-state index in [0.717, 1.165) is 7.11 Å². The van der Waals surface area contributed by atoms with E-state index in [1.54, 1.807) is 19.6 Å². The Labute approximate surface area is 135 Å². The van der Waals surface area contributed by atoms with E-state index in [1.165, 1.54) is 0 Å². The smallest absolute Gasteiger partial charge is 0.497 e. The number of halogens is 6. The minimum absolute atomic E-state index is 0.0957. The maximum atomic E-state index is 13.0. The molecule has 1 aromatic rings. The molecule has 4 nitrogen and oxygen atoms in total. The molecule has 0 saturated heterocycles. The molecule has 0 atom stereocenters. The average Bonchev–Trinajstić information content (AvgIpc) is 2.33. The van der Waals surface area contributed by atoms with Crippen LogP contribution in [0.1, 0.15) is 0 Å². The van der Waals surface area contributed by atoms with Crippen LogP contribution in [-0.2, 0) is 10.1 Å². The van der Waals surface area contributed by atoms with Crippen molar-refractivity contribution in [1.29, 1.82) is 0 Å². The number of rotatable bonds is 5. The van der Waals surface area contributed by atoms with E-state index < -0.39 is 41.9 Å². The van der Waals surface area contributed by atoms with E-state index in [0.29, 0.717) is 6.07 Å². The van der Waals surface area contributed by atoms with Gasteiger partial charge in [-0.1, -0.05) is 19.6 Å². The van der Waals surface area contributed by atoms with Gasteiger partial charge >= 0.3 is 22.6 Å². The van der Waals surface area contributed by atoms with Gasteiger partial charge in [0.25, 0.3) is 0 Å². The van der Waals surface area contributed by atoms with Crippen molar-refractivity contribution < 1.29 is 43.5 Å². The molecule has 0 N–H and O–H groups in total. The van der Waals surface area contributed by atoms with Crippen LogP contribution in [0.5, 0.6) is 11.5 Å². The minimum Gasteiger partial charge on any atom is -0.497 e. The third-order valence-corrected chi connectivity index (χ3v) is 5.88. The van der Waals surface area contributed by atoms with E-state index in [1.807, 2.05) is 0 Å². The molecule has 0 saturated carbocycles. The van der Waals surface area contributed by atoms with Gasteiger partial charge in [-0.05, 0) is 12.1 Å². The first kappa shape index (κ1) is 20.7. The Kier molecular flexibility index (Phi) is 5.32. The van der Waals surface area contributed by atoms with Crippen molar-refractivity contribution in [3.63, 3.8) is 0 Å². The van der Waals surface area contributed by atoms with Gasteiger partial charge in [-0.2, -0.15) is 21.6 Å². The first-order valence-electron chi connectivity index (χ1n) is 6.44. The molecule has 0 unspecified atom stereocenters. The Bertz CT molecular complexity index is 724. The van der Waals surface area contributed by atoms with Crippen LogP contribution in [0.2, 0.25) is 19.6 Å². The molecule has 1 aromatic carbocycles. The summed E-state index contributed by atoms with van der Waals surface area (Å²) in [4.78, 5) is 0. The number of hydrogen-bond donors (Lipinski definition) is 0. The fourth-order valence-electron chi connectivity index (χ4n) is 1.93. The van der Waals surface area contributed by atoms with Gasteiger partial charge in [0.05, 0.1) is 15.2 Å². The largest absolute Gasteiger partial charge is 0.534 e. The second kappa shape index (κ2) is 6.17. The van der Waals surface area contributed by atoms with Gasteiger partial charge in [0.15, 0.2) is 0 Å². The number of ether oxygens (including phenoxy) is 1. The summed E-state index contributed by atoms with van der Waals surface area (Å²) in [6, 6.07) is 0.889. The molecule has 13 heteroatoms. The molecule has 0 heterocycles. The number of alkyl halides is 3. The lowest BCUT2D eigenvalue weighted by atomic mass is 9.80. The van der Waals surface area contributed by atoms with E-state index in [-0.39, 0.29) is 17.0 Å². The summed E-state index contributed by atoms with van der Waals surface area (Å²) in [5.74, 6) is -1.38. The Hall–Kier alpha value is -1.37. The SMILES string of the molecule is COc1cc([B-](F)(F)F)cc(OS(=O)(=O)C(F)(F)F)c1[Si](C)(C)C. The van der Waals surface area contributed by atoms with Crippen LogP contribution in [-0.4, -0.2) is 36.1 Å². The minimum atomic E-state index is -6.11. The van der Waals surface area contributed by atoms with Gasteiger partial charge in [-0.15, -0.1) is 5.46 Å². The maximum Gasteiger partial charge on any atom is 0.534 e. The Morgan fingerprint density at radius 3 is 1.83 bits per heavy atom. The summed E-state index contributed by atoms with van der Waals surface area (Å²) in [7, 11) is -7.71. The highest BCUT2D eigenvalue weighted by molar-refractivity contribution is 7.88. The van der Waals surface area contributed by atoms with Gasteiger partial charge in [0, 0.05) is 5.19 Å². The second-order valence-electron chi connectivity index (χ2n) is 5.90. The number of benzene rings is 1. The van der Waals surface area contributed by atoms with Crippen LogP contribution in [0.4, 0.5) is 26.1 Å². The summed E-state index contributed by atoms with van der Waals surface area (Å²) in [5.41, 5.74) is -7.09. The van der Waals surface area contributed by atoms with E-state index in [9.17, 15) is 34.5 Å². The predicted molar refractivity (Wildman–Crippen MR) is 80.3 cm³/mol. The fourth-order valence-corrected chi connectivity index (χ4v) is 4.24. The van der Waals surface area contributed by atoms with Gasteiger partial charge in [0.1, 0.15) is 11.5 Å². The molecule has 0 spiro atoms. The summed E-state index contributed by atoms with van der Waals surface area (Å²) >= 11 is 0. The number of hydrogen-bond acceptors (Lipinski definition) is 4. The monoisotopic (exact) mass is 395 g/mol. The molecule has 138 valence electrons. The summed E-state index contributed by atoms with van der Waals surface area (Å²) in [5, 5.41) is -0.0957. The number of methoxy groups -OCH3 is 1. The quantitative estimate of drug-likeness (QED) is 0.333. The molecule has 0 aromatic heterocycles. The fraction of sp³-hybridized carbons (Fsp3) is 0.455. The zero-order chi connectivity index (χ0) is 19.1. The summed E-state index contributed by atoms with van der Waals surface area (Å²) in [6.07, 6.45) is 0. The van der Waals surface area contributed by atoms with Crippen molar-refractivity contribution in [2.45, 2.75) is 25.1 Å². The zero-order valence-corrected chi connectivity index (χ0v) is 14.9. The molecule has 0 radical (unpaired) electrons. The normalized spacial score (nSPS) is 13.8. The Balaban J connectivity index is 3.73. The van der Waals surface area contributed by atoms with Crippen LogP contribution in [0.25, 0.3) is 0 Å². The lowest BCUT2D eigenvalue weighted by molar-refractivity contribution is -0.0499. The third kappa shape index (κ3) is 4.38. The first-order chi connectivity index (χ1) is 10.5. The zero-order valence-electron chi connectivity index (χ0n) is 13.0. The van der Waals surface area contributed by atoms with Gasteiger partial charge in [0.2, 0.25) is 0 Å². The highest BCUT2D eigenvalue weighted by Crippen LogP contribution is 2.30. The van der Waals surface area contributed by atoms with Crippen molar-refractivity contribution in [3.05, 3.63) is 12.1 Å². The van der Waals surface area contributed by atoms with Gasteiger partial charge < -0.3 is 21.9 Å². The highest BCUT2D eigenvalue weighted by Gasteiger charge is 2.49. The Morgan fingerprint density at radius 1 is 1.04 bits per heavy atom. The van der Waals surface area contributed by atoms with Crippen LogP contribution < -0.4 is 19.6 Å². The molecular weight excluding hydrogens is 381 g/mol. The lowest BCUT2D eigenvalue weighted by Crippen LogP contribution is -2.44. The molecule has 0 aliphatic rings. The van der Waals surface area contributed by atoms with E-state index in [2.05, 4.69) is 4.18 Å². The second-order valence-corrected chi connectivity index (χ2v) is 12.4. The summed E-state index contributed by atoms with van der Waals surface area (Å²) < 4.78 is 108. The van der Waals surface area contributed by atoms with Crippen molar-refractivity contribution >= 4 is 35.8 Å². The molecule has 0 amide bonds. The van der Waals surface area contributed by atoms with Crippen LogP contribution >= 0.6 is 0 Å². The molecule has 0 aliphatic heterocycles. The molecule has 0 aliphatic carbocycles. The molecule has 0 fully saturated rings.